The summed E-state index contributed by atoms with van der Waals surface area (Å²) in [6.07, 6.45) is 3.55. The van der Waals surface area contributed by atoms with Crippen LogP contribution in [0.2, 0.25) is 0 Å². The van der Waals surface area contributed by atoms with Crippen molar-refractivity contribution in [2.75, 3.05) is 183 Å². The quantitative estimate of drug-likeness (QED) is 0.00913. The Morgan fingerprint density at radius 1 is 0.659 bits per heavy atom. The number of benzene rings is 3. The second-order valence-electron chi connectivity index (χ2n) is 37.7. The fourth-order valence-electron chi connectivity index (χ4n) is 19.0. The van der Waals surface area contributed by atoms with Gasteiger partial charge in [0.1, 0.15) is 55.1 Å². The fraction of sp³-hybridized carbons (Fsp3) is 0.644. The van der Waals surface area contributed by atoms with Gasteiger partial charge >= 0.3 is 0 Å². The molecule has 0 bridgehead atoms. The van der Waals surface area contributed by atoms with Crippen molar-refractivity contribution in [3.8, 4) is 17.6 Å². The number of anilines is 2. The maximum Gasteiger partial charge on any atom is 0.246 e. The number of hydrazone groups is 1. The number of carbonyl (C=O) groups is 10. The zero-order valence-corrected chi connectivity index (χ0v) is 81.6. The fourth-order valence-corrected chi connectivity index (χ4v) is 19.0. The van der Waals surface area contributed by atoms with Gasteiger partial charge in [-0.25, -0.2) is 8.78 Å². The second kappa shape index (κ2) is 54.8. The molecule has 7 aliphatic rings. The Morgan fingerprint density at radius 3 is 1.94 bits per heavy atom. The van der Waals surface area contributed by atoms with Crippen molar-refractivity contribution in [3.05, 3.63) is 113 Å². The first-order chi connectivity index (χ1) is 66.3. The third kappa shape index (κ3) is 31.0. The number of hydrogen-bond donors (Lipinski definition) is 9. The van der Waals surface area contributed by atoms with E-state index in [2.05, 4.69) is 75.3 Å². The van der Waals surface area contributed by atoms with Crippen LogP contribution in [0, 0.1) is 40.4 Å². The molecule has 3 aromatic rings. The van der Waals surface area contributed by atoms with Gasteiger partial charge in [-0.2, -0.15) is 5.10 Å². The molecule has 3 aromatic carbocycles. The monoisotopic (exact) mass is 1930 g/mol. The van der Waals surface area contributed by atoms with Gasteiger partial charge in [-0.15, -0.1) is 0 Å². The standard InChI is InChI=1S/C101H144F2N12O23/c1-10-20-92-137-86-63-76-77-62-79(102)78-61-74(116)36-39-98(78,5)100(77,103)84(117)64-99(76,6)101(86,138-92)85(118)66-135-75-32-30-73(31-33-75)110-95(124)69(4)109-97(126)93(68(2)3)112-96(125)81(111-89(121)38-46-128-50-54-132-58-60-134-56-52-130-48-43-108-87(119)34-35-91(123)114-65-72-23-15-14-21-70(72)28-29-71-22-16-17-26-82(71)114)25-18-19-40-106-90(122)67-136-83-27-13-11-12-24-80(94(83)113-104)105-42-47-129-51-55-133-59-57-131-53-49-127-45-37-88(120)107-41-44-115(7,8)9/h14-17,21-23,26,30-33,36,39,61,68-69,76-77,79,81,83-84,86,92-93,117H,10-13,18-20,24-25,27,34-35,37-38,40-60,62-67H2,1-9H3,(H8-,104,105,106,107,108,109,110,111,112,119,120,121,122,124,125,126)/p+1/t69-,76-,77-,79-,81+,83?,84-,86+,92?,93-,98-,99-,100-,101+/m0/s1. The van der Waals surface area contributed by atoms with Crippen LogP contribution in [0.1, 0.15) is 167 Å². The van der Waals surface area contributed by atoms with Crippen LogP contribution in [0.15, 0.2) is 107 Å². The van der Waals surface area contributed by atoms with Gasteiger partial charge in [0.25, 0.3) is 0 Å². The van der Waals surface area contributed by atoms with Crippen LogP contribution < -0.4 is 52.7 Å². The molecule has 2 aliphatic heterocycles. The largest absolute Gasteiger partial charge is 0.486 e. The van der Waals surface area contributed by atoms with Gasteiger partial charge in [0, 0.05) is 72.3 Å². The SMILES string of the molecule is CCCC1O[C@@H]2C[C@H]3[C@@H]4C[C@H](F)C5=CC(=O)C=C[C@]5(C)[C@@]4(F)[C@@H](O)C[C@]3(C)[C@]2(C(=O)COc2ccc(NC(=O)[C@H](C)NC(=O)[C@@H](NC(=O)[C@@H](CCCCNC(=O)COC3CCCCCC(=NCCOCCOCCOCCOCCC(=O)NCC[N+](C)(C)C)/C3=N\N)NC(=O)CCOCCOCCOCCOCCNC(=O)CCC(=O)N3Cc4ccccc4C#Cc4ccccc43)C(C)C)cc2)O1. The number of amides is 8. The van der Waals surface area contributed by atoms with Crippen molar-refractivity contribution in [1.82, 2.24) is 31.9 Å². The van der Waals surface area contributed by atoms with Crippen molar-refractivity contribution in [1.29, 1.82) is 0 Å². The molecule has 2 heterocycles. The lowest BCUT2D eigenvalue weighted by Gasteiger charge is -2.63. The molecule has 14 atom stereocenters. The maximum absolute atomic E-state index is 18.1. The predicted molar refractivity (Wildman–Crippen MR) is 511 cm³/mol. The van der Waals surface area contributed by atoms with E-state index in [0.29, 0.717) is 140 Å². The third-order valence-corrected chi connectivity index (χ3v) is 26.4. The van der Waals surface area contributed by atoms with E-state index in [1.807, 2.05) is 55.5 Å². The van der Waals surface area contributed by atoms with Crippen LogP contribution in [0.3, 0.4) is 0 Å². The summed E-state index contributed by atoms with van der Waals surface area (Å²) in [6.45, 7) is 16.3. The van der Waals surface area contributed by atoms with Crippen molar-refractivity contribution in [3.63, 3.8) is 0 Å². The van der Waals surface area contributed by atoms with Gasteiger partial charge in [-0.05, 0) is 156 Å². The summed E-state index contributed by atoms with van der Waals surface area (Å²) < 4.78 is 106. The normalized spacial score (nSPS) is 24.3. The van der Waals surface area contributed by atoms with Crippen LogP contribution >= 0.6 is 0 Å². The minimum Gasteiger partial charge on any atom is -0.486 e. The molecule has 8 amide bonds. The molecule has 35 nitrogen and oxygen atoms in total. The van der Waals surface area contributed by atoms with Crippen molar-refractivity contribution >= 4 is 81.6 Å². The number of alkyl halides is 2. The molecule has 0 aromatic heterocycles. The zero-order chi connectivity index (χ0) is 99.3. The maximum atomic E-state index is 18.1. The number of ketones is 2. The van der Waals surface area contributed by atoms with Crippen LogP contribution in [-0.4, -0.2) is 313 Å². The van der Waals surface area contributed by atoms with Crippen molar-refractivity contribution in [2.24, 2.45) is 44.5 Å². The molecule has 760 valence electrons. The minimum absolute atomic E-state index is 0.00604. The van der Waals surface area contributed by atoms with Gasteiger partial charge in [0.05, 0.1) is 177 Å². The molecule has 2 unspecified atom stereocenters. The van der Waals surface area contributed by atoms with Gasteiger partial charge in [-0.1, -0.05) is 95.2 Å². The number of ether oxygens (including phenoxy) is 12. The molecular formula is C101H145F2N12O23+. The number of halogens is 2. The minimum atomic E-state index is -2.38. The molecule has 5 aliphatic carbocycles. The average Bonchev–Trinajstić information content (AvgIpc) is 1.45. The lowest BCUT2D eigenvalue weighted by Crippen LogP contribution is -2.71. The first kappa shape index (κ1) is 110. The highest BCUT2D eigenvalue weighted by Gasteiger charge is 2.80. The summed E-state index contributed by atoms with van der Waals surface area (Å²) in [5.41, 5.74) is -2.31. The molecule has 138 heavy (non-hydrogen) atoms. The summed E-state index contributed by atoms with van der Waals surface area (Å²) in [5, 5.41) is 35.8. The number of rotatable bonds is 58. The number of quaternary nitrogens is 1. The van der Waals surface area contributed by atoms with Crippen LogP contribution in [0.5, 0.6) is 5.75 Å². The molecule has 1 saturated heterocycles. The van der Waals surface area contributed by atoms with E-state index in [1.165, 1.54) is 50.3 Å². The Kier molecular flexibility index (Phi) is 43.7. The van der Waals surface area contributed by atoms with E-state index in [-0.39, 0.29) is 147 Å². The lowest BCUT2D eigenvalue weighted by molar-refractivity contribution is -0.869. The van der Waals surface area contributed by atoms with Gasteiger partial charge < -0.3 is 114 Å². The molecule has 0 radical (unpaired) electrons. The van der Waals surface area contributed by atoms with E-state index in [0.717, 1.165) is 53.1 Å². The highest BCUT2D eigenvalue weighted by atomic mass is 19.1. The Morgan fingerprint density at radius 2 is 1.28 bits per heavy atom. The number of hydrogen-bond acceptors (Lipinski definition) is 26. The van der Waals surface area contributed by atoms with Crippen LogP contribution in [0.4, 0.5) is 20.2 Å². The second-order valence-corrected chi connectivity index (χ2v) is 37.7. The number of allylic oxidation sites excluding steroid dienone is 4. The lowest BCUT2D eigenvalue weighted by atomic mass is 9.44. The van der Waals surface area contributed by atoms with E-state index < -0.39 is 136 Å². The summed E-state index contributed by atoms with van der Waals surface area (Å²) in [5.74, 6) is 5.94. The summed E-state index contributed by atoms with van der Waals surface area (Å²) in [7, 11) is 6.21. The summed E-state index contributed by atoms with van der Waals surface area (Å²) >= 11 is 0. The number of aliphatic imine (C=N–C) groups is 1. The number of aliphatic hydroxyl groups is 1. The molecule has 10 rings (SSSR count). The van der Waals surface area contributed by atoms with Crippen molar-refractivity contribution in [2.45, 2.75) is 217 Å². The number of nitrogens with two attached hydrogens (primary N) is 1. The topological polar surface area (TPSA) is 440 Å². The number of para-hydroxylation sites is 1. The predicted octanol–water partition coefficient (Wildman–Crippen LogP) is 6.88. The number of carbonyl (C=O) groups excluding carboxylic acids is 10. The van der Waals surface area contributed by atoms with E-state index >= 15 is 8.78 Å². The van der Waals surface area contributed by atoms with E-state index in [4.69, 9.17) is 67.7 Å². The van der Waals surface area contributed by atoms with Gasteiger partial charge in [0.15, 0.2) is 23.3 Å². The Balaban J connectivity index is 0.646. The number of Topliss-reactive ketones (excluding diaryl/α,β-unsaturated/α-hetero) is 1. The number of aliphatic hydroxyl groups excluding tert-OH is 1. The average molecular weight is 1930 g/mol. The number of fused-ring (bicyclic) bond motifs is 9. The molecule has 4 saturated carbocycles. The highest BCUT2D eigenvalue weighted by Crippen LogP contribution is 2.72. The molecular weight excluding hydrogens is 1790 g/mol. The van der Waals surface area contributed by atoms with Crippen LogP contribution in [0.25, 0.3) is 0 Å². The van der Waals surface area contributed by atoms with E-state index in [1.54, 1.807) is 25.7 Å². The molecule has 37 heteroatoms. The first-order valence-electron chi connectivity index (χ1n) is 48.7. The molecule has 0 spiro atoms. The number of unbranched alkanes of at least 4 members (excludes halogenated alkanes) is 1. The van der Waals surface area contributed by atoms with Gasteiger partial charge in [0.2, 0.25) is 53.0 Å². The summed E-state index contributed by atoms with van der Waals surface area (Å²) in [6, 6.07) is 17.8. The Hall–Kier alpha value is -9.92. The molecule has 5 fully saturated rings. The van der Waals surface area contributed by atoms with E-state index in [9.17, 15) is 53.1 Å². The highest BCUT2D eigenvalue weighted by molar-refractivity contribution is 6.44. The first-order valence-corrected chi connectivity index (χ1v) is 48.7. The zero-order valence-electron chi connectivity index (χ0n) is 81.6. The number of likely N-dealkylation sites (N-methyl/N-ethyl adjacent to an activating group) is 1. The Labute approximate surface area is 808 Å². The summed E-state index contributed by atoms with van der Waals surface area (Å²) in [4.78, 5) is 142. The number of nitrogens with one attached hydrogen (secondary N) is 7. The smallest absolute Gasteiger partial charge is 0.246 e. The molecule has 10 N–H and O–H groups in total. The van der Waals surface area contributed by atoms with Gasteiger partial charge in [-0.3, -0.25) is 52.9 Å². The third-order valence-electron chi connectivity index (χ3n) is 26.4. The Bertz CT molecular complexity index is 4740. The number of nitrogens with zero attached hydrogens (tertiary/aromatic N) is 4. The van der Waals surface area contributed by atoms with Crippen molar-refractivity contribution < 1.29 is 123 Å². The van der Waals surface area contributed by atoms with Crippen LogP contribution in [-0.2, 0) is 107 Å².